The quantitative estimate of drug-likeness (QED) is 0.434. The number of aromatic nitrogens is 7. The number of allylic oxidation sites excluding steroid dienone is 4. The molecule has 2 heterocycles. The number of hydrogen-bond donors (Lipinski definition) is 1. The van der Waals surface area contributed by atoms with Crippen LogP contribution in [0.5, 0.6) is 0 Å². The maximum absolute atomic E-state index is 4.71. The maximum atomic E-state index is 4.71. The Labute approximate surface area is 181 Å². The molecule has 4 rings (SSSR count). The summed E-state index contributed by atoms with van der Waals surface area (Å²) in [5, 5.41) is 18.8. The van der Waals surface area contributed by atoms with E-state index in [1.165, 1.54) is 5.56 Å². The third kappa shape index (κ3) is 5.01. The molecule has 1 N–H and O–H groups in total. The lowest BCUT2D eigenvalue weighted by Crippen LogP contribution is -2.06. The molecular formula is C24H25N7. The highest BCUT2D eigenvalue weighted by Crippen LogP contribution is 2.24. The van der Waals surface area contributed by atoms with E-state index in [0.717, 1.165) is 41.2 Å². The lowest BCUT2D eigenvalue weighted by molar-refractivity contribution is 0.645. The Kier molecular flexibility index (Phi) is 6.42. The Morgan fingerprint density at radius 3 is 2.42 bits per heavy atom. The van der Waals surface area contributed by atoms with Crippen molar-refractivity contribution in [3.8, 4) is 22.5 Å². The van der Waals surface area contributed by atoms with Crippen molar-refractivity contribution < 1.29 is 0 Å². The minimum absolute atomic E-state index is 0.659. The molecule has 7 nitrogen and oxygen atoms in total. The summed E-state index contributed by atoms with van der Waals surface area (Å²) in [4.78, 5) is 4.71. The molecule has 7 heteroatoms. The van der Waals surface area contributed by atoms with Crippen LogP contribution in [0.15, 0.2) is 72.8 Å². The molecule has 0 amide bonds. The Morgan fingerprint density at radius 1 is 0.903 bits per heavy atom. The van der Waals surface area contributed by atoms with Crippen molar-refractivity contribution in [1.29, 1.82) is 0 Å². The third-order valence-corrected chi connectivity index (χ3v) is 4.97. The van der Waals surface area contributed by atoms with Crippen LogP contribution < -0.4 is 0 Å². The summed E-state index contributed by atoms with van der Waals surface area (Å²) in [6.07, 6.45) is 9.79. The largest absolute Gasteiger partial charge is 0.245 e. The summed E-state index contributed by atoms with van der Waals surface area (Å²) in [5.74, 6) is 2.50. The van der Waals surface area contributed by atoms with Gasteiger partial charge in [-0.3, -0.25) is 0 Å². The van der Waals surface area contributed by atoms with Gasteiger partial charge in [-0.15, -0.1) is 5.10 Å². The number of benzene rings is 2. The summed E-state index contributed by atoms with van der Waals surface area (Å²) in [5.41, 5.74) is 4.39. The van der Waals surface area contributed by atoms with Crippen LogP contribution in [0.1, 0.15) is 31.1 Å². The number of nitrogens with zero attached hydrogens (tertiary/aromatic N) is 6. The highest BCUT2D eigenvalue weighted by molar-refractivity contribution is 5.70. The van der Waals surface area contributed by atoms with Crippen LogP contribution in [0.3, 0.4) is 0 Å². The zero-order valence-electron chi connectivity index (χ0n) is 17.7. The van der Waals surface area contributed by atoms with E-state index in [4.69, 9.17) is 10.1 Å². The molecule has 0 aliphatic heterocycles. The van der Waals surface area contributed by atoms with Gasteiger partial charge in [0.1, 0.15) is 5.82 Å². The van der Waals surface area contributed by atoms with Gasteiger partial charge < -0.3 is 0 Å². The van der Waals surface area contributed by atoms with E-state index in [1.54, 1.807) is 0 Å². The van der Waals surface area contributed by atoms with Gasteiger partial charge >= 0.3 is 0 Å². The fourth-order valence-corrected chi connectivity index (χ4v) is 3.34. The van der Waals surface area contributed by atoms with E-state index in [9.17, 15) is 0 Å². The van der Waals surface area contributed by atoms with E-state index in [-0.39, 0.29) is 0 Å². The molecular weight excluding hydrogens is 386 g/mol. The maximum Gasteiger partial charge on any atom is 0.179 e. The van der Waals surface area contributed by atoms with E-state index < -0.39 is 0 Å². The third-order valence-electron chi connectivity index (χ3n) is 4.97. The van der Waals surface area contributed by atoms with Crippen LogP contribution in [0, 0.1) is 0 Å². The number of nitrogens with one attached hydrogen (secondary N) is 1. The molecule has 2 aromatic heterocycles. The van der Waals surface area contributed by atoms with Gasteiger partial charge in [0.25, 0.3) is 0 Å². The van der Waals surface area contributed by atoms with Crippen LogP contribution >= 0.6 is 0 Å². The van der Waals surface area contributed by atoms with Crippen molar-refractivity contribution in [2.45, 2.75) is 33.2 Å². The van der Waals surface area contributed by atoms with Crippen LogP contribution in [0.4, 0.5) is 0 Å². The molecule has 0 radical (unpaired) electrons. The van der Waals surface area contributed by atoms with Crippen molar-refractivity contribution in [2.24, 2.45) is 0 Å². The fourth-order valence-electron chi connectivity index (χ4n) is 3.34. The van der Waals surface area contributed by atoms with Crippen molar-refractivity contribution in [3.63, 3.8) is 0 Å². The Balaban J connectivity index is 1.54. The molecule has 0 bridgehead atoms. The monoisotopic (exact) mass is 411 g/mol. The SMILES string of the molecule is CC=CCc1nc(CC=CC)n(Cc2ccc(-c3cccc(-c4nnn[nH]4)c3)cc2)n1. The molecule has 4 aromatic rings. The minimum Gasteiger partial charge on any atom is -0.245 e. The molecule has 0 fully saturated rings. The van der Waals surface area contributed by atoms with Gasteiger partial charge in [0.15, 0.2) is 11.6 Å². The first-order valence-corrected chi connectivity index (χ1v) is 10.3. The highest BCUT2D eigenvalue weighted by Gasteiger charge is 2.09. The molecule has 31 heavy (non-hydrogen) atoms. The average molecular weight is 412 g/mol. The first-order chi connectivity index (χ1) is 15.3. The Hall–Kier alpha value is -3.87. The van der Waals surface area contributed by atoms with E-state index >= 15 is 0 Å². The van der Waals surface area contributed by atoms with Gasteiger partial charge in [-0.1, -0.05) is 66.8 Å². The van der Waals surface area contributed by atoms with Gasteiger partial charge in [0, 0.05) is 18.4 Å². The smallest absolute Gasteiger partial charge is 0.179 e. The Morgan fingerprint density at radius 2 is 1.68 bits per heavy atom. The first kappa shape index (κ1) is 20.4. The summed E-state index contributed by atoms with van der Waals surface area (Å²) in [6.45, 7) is 4.73. The Bertz CT molecular complexity index is 1170. The minimum atomic E-state index is 0.659. The lowest BCUT2D eigenvalue weighted by atomic mass is 10.0. The molecule has 156 valence electrons. The molecule has 0 atom stereocenters. The summed E-state index contributed by atoms with van der Waals surface area (Å²) < 4.78 is 2.01. The van der Waals surface area contributed by atoms with Crippen LogP contribution in [0.2, 0.25) is 0 Å². The lowest BCUT2D eigenvalue weighted by Gasteiger charge is -2.07. The van der Waals surface area contributed by atoms with Gasteiger partial charge in [-0.05, 0) is 47.0 Å². The number of rotatable bonds is 8. The zero-order chi connectivity index (χ0) is 21.5. The normalized spacial score (nSPS) is 11.7. The predicted molar refractivity (Wildman–Crippen MR) is 121 cm³/mol. The molecule has 0 spiro atoms. The van der Waals surface area contributed by atoms with Crippen LogP contribution in [-0.4, -0.2) is 35.4 Å². The van der Waals surface area contributed by atoms with Gasteiger partial charge in [-0.2, -0.15) is 5.10 Å². The topological polar surface area (TPSA) is 85.2 Å². The summed E-state index contributed by atoms with van der Waals surface area (Å²) in [7, 11) is 0. The van der Waals surface area contributed by atoms with E-state index in [2.05, 4.69) is 69.2 Å². The van der Waals surface area contributed by atoms with Gasteiger partial charge in [0.05, 0.1) is 6.54 Å². The highest BCUT2D eigenvalue weighted by atomic mass is 15.5. The summed E-state index contributed by atoms with van der Waals surface area (Å²) >= 11 is 0. The van der Waals surface area contributed by atoms with Gasteiger partial charge in [-0.25, -0.2) is 14.8 Å². The van der Waals surface area contributed by atoms with Gasteiger partial charge in [0.2, 0.25) is 0 Å². The zero-order valence-corrected chi connectivity index (χ0v) is 17.7. The number of hydrogen-bond acceptors (Lipinski definition) is 5. The molecule has 0 aliphatic carbocycles. The van der Waals surface area contributed by atoms with E-state index in [1.807, 2.05) is 42.8 Å². The second-order valence-corrected chi connectivity index (χ2v) is 7.18. The second kappa shape index (κ2) is 9.75. The van der Waals surface area contributed by atoms with Crippen molar-refractivity contribution >= 4 is 0 Å². The van der Waals surface area contributed by atoms with Crippen molar-refractivity contribution in [1.82, 2.24) is 35.4 Å². The van der Waals surface area contributed by atoms with E-state index in [0.29, 0.717) is 12.4 Å². The van der Waals surface area contributed by atoms with Crippen LogP contribution in [-0.2, 0) is 19.4 Å². The van der Waals surface area contributed by atoms with Crippen molar-refractivity contribution in [3.05, 3.63) is 90.0 Å². The molecule has 0 aliphatic rings. The fraction of sp³-hybridized carbons (Fsp3) is 0.208. The standard InChI is InChI=1S/C24H25N7/c1-3-5-10-22-25-23(11-6-4-2)31(28-22)17-18-12-14-19(15-13-18)20-8-7-9-21(16-20)24-26-29-30-27-24/h3-9,12-16H,10-11,17H2,1-2H3,(H,26,27,29,30). The molecule has 0 saturated heterocycles. The van der Waals surface area contributed by atoms with Crippen molar-refractivity contribution in [2.75, 3.05) is 0 Å². The summed E-state index contributed by atoms with van der Waals surface area (Å²) in [6, 6.07) is 16.7. The molecule has 0 unspecified atom stereocenters. The number of H-pyrrole nitrogens is 1. The second-order valence-electron chi connectivity index (χ2n) is 7.18. The van der Waals surface area contributed by atoms with Crippen LogP contribution in [0.25, 0.3) is 22.5 Å². The molecule has 0 saturated carbocycles. The predicted octanol–water partition coefficient (Wildman–Crippen LogP) is 4.41. The number of tetrazole rings is 1. The number of aromatic amines is 1. The first-order valence-electron chi connectivity index (χ1n) is 10.3. The molecule has 2 aromatic carbocycles. The average Bonchev–Trinajstić information content (AvgIpc) is 3.47.